The standard InChI is InChI=1S/C20H30N2O3/c1-5-6-12-16(14-21-4)18(23)22-17(20(2,3)25-19(22)24)13-15-10-8-7-9-11-15/h7-11,16-17,21H,5-6,12-14H2,1-4H3/t16-,17+/m1/s1. The summed E-state index contributed by atoms with van der Waals surface area (Å²) in [6, 6.07) is 9.64. The van der Waals surface area contributed by atoms with Crippen LogP contribution in [0.3, 0.4) is 0 Å². The monoisotopic (exact) mass is 346 g/mol. The Morgan fingerprint density at radius 3 is 2.60 bits per heavy atom. The number of nitrogens with one attached hydrogen (secondary N) is 1. The normalized spacial score (nSPS) is 20.4. The van der Waals surface area contributed by atoms with Gasteiger partial charge in [-0.3, -0.25) is 4.79 Å². The molecule has 0 aromatic heterocycles. The van der Waals surface area contributed by atoms with E-state index in [1.807, 2.05) is 51.2 Å². The molecule has 0 bridgehead atoms. The Labute approximate surface area is 150 Å². The lowest BCUT2D eigenvalue weighted by Gasteiger charge is -2.30. The maximum absolute atomic E-state index is 13.1. The summed E-state index contributed by atoms with van der Waals surface area (Å²) in [5.74, 6) is -0.330. The van der Waals surface area contributed by atoms with Gasteiger partial charge in [0.2, 0.25) is 5.91 Å². The lowest BCUT2D eigenvalue weighted by atomic mass is 9.90. The SMILES string of the molecule is CCCC[C@H](CNC)C(=O)N1C(=O)OC(C)(C)[C@@H]1Cc1ccccc1. The van der Waals surface area contributed by atoms with E-state index in [2.05, 4.69) is 12.2 Å². The van der Waals surface area contributed by atoms with E-state index in [1.165, 1.54) is 4.90 Å². The number of imide groups is 1. The third kappa shape index (κ3) is 4.60. The fourth-order valence-corrected chi connectivity index (χ4v) is 3.40. The molecule has 25 heavy (non-hydrogen) atoms. The molecule has 1 N–H and O–H groups in total. The molecule has 2 atom stereocenters. The maximum Gasteiger partial charge on any atom is 0.417 e. The second-order valence-corrected chi connectivity index (χ2v) is 7.28. The van der Waals surface area contributed by atoms with E-state index < -0.39 is 11.7 Å². The third-order valence-electron chi connectivity index (χ3n) is 4.88. The highest BCUT2D eigenvalue weighted by atomic mass is 16.6. The number of rotatable bonds is 8. The van der Waals surface area contributed by atoms with E-state index in [9.17, 15) is 9.59 Å². The van der Waals surface area contributed by atoms with Crippen molar-refractivity contribution in [1.29, 1.82) is 0 Å². The molecule has 1 saturated heterocycles. The van der Waals surface area contributed by atoms with Crippen molar-refractivity contribution in [3.05, 3.63) is 35.9 Å². The fraction of sp³-hybridized carbons (Fsp3) is 0.600. The van der Waals surface area contributed by atoms with Gasteiger partial charge in [-0.05, 0) is 39.3 Å². The summed E-state index contributed by atoms with van der Waals surface area (Å²) in [6.07, 6.45) is 2.85. The average Bonchev–Trinajstić information content (AvgIpc) is 2.80. The summed E-state index contributed by atoms with van der Waals surface area (Å²) in [5, 5.41) is 3.08. The first-order valence-electron chi connectivity index (χ1n) is 9.15. The Bertz CT molecular complexity index is 586. The van der Waals surface area contributed by atoms with Crippen LogP contribution in [0.5, 0.6) is 0 Å². The number of amides is 2. The Morgan fingerprint density at radius 1 is 1.32 bits per heavy atom. The van der Waals surface area contributed by atoms with Gasteiger partial charge >= 0.3 is 6.09 Å². The second-order valence-electron chi connectivity index (χ2n) is 7.28. The molecule has 1 aliphatic rings. The van der Waals surface area contributed by atoms with Crippen LogP contribution in [0.2, 0.25) is 0 Å². The smallest absolute Gasteiger partial charge is 0.417 e. The fourth-order valence-electron chi connectivity index (χ4n) is 3.40. The van der Waals surface area contributed by atoms with Gasteiger partial charge in [-0.1, -0.05) is 50.1 Å². The zero-order valence-electron chi connectivity index (χ0n) is 15.7. The van der Waals surface area contributed by atoms with Crippen LogP contribution < -0.4 is 5.32 Å². The number of benzene rings is 1. The number of hydrogen-bond donors (Lipinski definition) is 1. The molecule has 0 saturated carbocycles. The zero-order chi connectivity index (χ0) is 18.4. The van der Waals surface area contributed by atoms with Crippen LogP contribution >= 0.6 is 0 Å². The molecule has 1 aliphatic heterocycles. The minimum Gasteiger partial charge on any atom is -0.441 e. The van der Waals surface area contributed by atoms with Gasteiger partial charge in [0.05, 0.1) is 12.0 Å². The van der Waals surface area contributed by atoms with E-state index in [1.54, 1.807) is 0 Å². The number of nitrogens with zero attached hydrogens (tertiary/aromatic N) is 1. The molecule has 5 nitrogen and oxygen atoms in total. The van der Waals surface area contributed by atoms with Crippen LogP contribution in [0.1, 0.15) is 45.6 Å². The van der Waals surface area contributed by atoms with E-state index >= 15 is 0 Å². The average molecular weight is 346 g/mol. The molecule has 0 spiro atoms. The van der Waals surface area contributed by atoms with Gasteiger partial charge in [-0.15, -0.1) is 0 Å². The van der Waals surface area contributed by atoms with Gasteiger partial charge in [0, 0.05) is 6.54 Å². The lowest BCUT2D eigenvalue weighted by molar-refractivity contribution is -0.134. The minimum absolute atomic E-state index is 0.126. The summed E-state index contributed by atoms with van der Waals surface area (Å²) in [7, 11) is 1.83. The van der Waals surface area contributed by atoms with Gasteiger partial charge in [0.25, 0.3) is 0 Å². The molecule has 0 radical (unpaired) electrons. The molecule has 1 aromatic carbocycles. The van der Waals surface area contributed by atoms with Crippen molar-refractivity contribution in [3.63, 3.8) is 0 Å². The van der Waals surface area contributed by atoms with Crippen LogP contribution in [-0.4, -0.2) is 42.1 Å². The van der Waals surface area contributed by atoms with Gasteiger partial charge in [0.1, 0.15) is 5.60 Å². The Morgan fingerprint density at radius 2 is 2.00 bits per heavy atom. The van der Waals surface area contributed by atoms with E-state index in [4.69, 9.17) is 4.74 Å². The highest BCUT2D eigenvalue weighted by Crippen LogP contribution is 2.33. The van der Waals surface area contributed by atoms with E-state index in [0.717, 1.165) is 24.8 Å². The van der Waals surface area contributed by atoms with Crippen molar-refractivity contribution >= 4 is 12.0 Å². The molecule has 1 heterocycles. The van der Waals surface area contributed by atoms with E-state index in [-0.39, 0.29) is 17.9 Å². The van der Waals surface area contributed by atoms with Gasteiger partial charge in [-0.25, -0.2) is 9.69 Å². The van der Waals surface area contributed by atoms with Crippen molar-refractivity contribution in [3.8, 4) is 0 Å². The van der Waals surface area contributed by atoms with Crippen LogP contribution in [0.25, 0.3) is 0 Å². The second kappa shape index (κ2) is 8.48. The van der Waals surface area contributed by atoms with Crippen molar-refractivity contribution in [2.45, 2.75) is 58.1 Å². The molecule has 5 heteroatoms. The van der Waals surface area contributed by atoms with Crippen molar-refractivity contribution in [2.24, 2.45) is 5.92 Å². The minimum atomic E-state index is -0.697. The highest BCUT2D eigenvalue weighted by Gasteiger charge is 2.51. The topological polar surface area (TPSA) is 58.6 Å². The molecular formula is C20H30N2O3. The maximum atomic E-state index is 13.1. The van der Waals surface area contributed by atoms with Gasteiger partial charge < -0.3 is 10.1 Å². The number of carbonyl (C=O) groups excluding carboxylic acids is 2. The number of unbranched alkanes of at least 4 members (excludes halogenated alkanes) is 1. The van der Waals surface area contributed by atoms with Crippen LogP contribution in [0.15, 0.2) is 30.3 Å². The predicted molar refractivity (Wildman–Crippen MR) is 98.3 cm³/mol. The van der Waals surface area contributed by atoms with Crippen molar-refractivity contribution in [1.82, 2.24) is 10.2 Å². The molecule has 0 aliphatic carbocycles. The van der Waals surface area contributed by atoms with E-state index in [0.29, 0.717) is 13.0 Å². The van der Waals surface area contributed by atoms with Crippen LogP contribution in [-0.2, 0) is 16.0 Å². The van der Waals surface area contributed by atoms with Crippen LogP contribution in [0, 0.1) is 5.92 Å². The molecule has 1 aromatic rings. The Kier molecular flexibility index (Phi) is 6.59. The van der Waals surface area contributed by atoms with Gasteiger partial charge in [0.15, 0.2) is 0 Å². The summed E-state index contributed by atoms with van der Waals surface area (Å²) in [5.41, 5.74) is 0.396. The number of carbonyl (C=O) groups is 2. The largest absolute Gasteiger partial charge is 0.441 e. The molecule has 2 rings (SSSR count). The van der Waals surface area contributed by atoms with Crippen molar-refractivity contribution < 1.29 is 14.3 Å². The third-order valence-corrected chi connectivity index (χ3v) is 4.88. The number of ether oxygens (including phenoxy) is 1. The molecule has 1 fully saturated rings. The first-order valence-corrected chi connectivity index (χ1v) is 9.15. The summed E-state index contributed by atoms with van der Waals surface area (Å²) in [4.78, 5) is 27.0. The Balaban J connectivity index is 2.24. The zero-order valence-corrected chi connectivity index (χ0v) is 15.7. The molecular weight excluding hydrogens is 316 g/mol. The summed E-state index contributed by atoms with van der Waals surface area (Å²) >= 11 is 0. The molecule has 0 unspecified atom stereocenters. The first-order chi connectivity index (χ1) is 11.9. The quantitative estimate of drug-likeness (QED) is 0.784. The summed E-state index contributed by atoms with van der Waals surface area (Å²) in [6.45, 7) is 6.43. The highest BCUT2D eigenvalue weighted by molar-refractivity contribution is 5.95. The number of hydrogen-bond acceptors (Lipinski definition) is 4. The van der Waals surface area contributed by atoms with Crippen molar-refractivity contribution in [2.75, 3.05) is 13.6 Å². The Hall–Kier alpha value is -1.88. The predicted octanol–water partition coefficient (Wildman–Crippen LogP) is 3.38. The van der Waals surface area contributed by atoms with Crippen LogP contribution in [0.4, 0.5) is 4.79 Å². The first kappa shape index (κ1) is 19.4. The summed E-state index contributed by atoms with van der Waals surface area (Å²) < 4.78 is 5.55. The lowest BCUT2D eigenvalue weighted by Crippen LogP contribution is -2.49. The van der Waals surface area contributed by atoms with Gasteiger partial charge in [-0.2, -0.15) is 0 Å². The molecule has 2 amide bonds. The molecule has 138 valence electrons. The number of cyclic esters (lactones) is 1.